The number of imidazole rings is 1. The summed E-state index contributed by atoms with van der Waals surface area (Å²) in [7, 11) is 0. The van der Waals surface area contributed by atoms with Gasteiger partial charge in [-0.1, -0.05) is 24.8 Å². The van der Waals surface area contributed by atoms with Crippen LogP contribution in [0.3, 0.4) is 0 Å². The molecule has 0 aliphatic rings. The number of ether oxygens (including phenoxy) is 1. The molecular formula is C25H20N2O3S. The molecule has 6 heteroatoms. The Labute approximate surface area is 182 Å². The normalized spacial score (nSPS) is 11.7. The minimum absolute atomic E-state index is 0.0583. The van der Waals surface area contributed by atoms with E-state index in [2.05, 4.69) is 12.6 Å². The summed E-state index contributed by atoms with van der Waals surface area (Å²) in [6, 6.07) is 15.9. The molecule has 0 bridgehead atoms. The molecule has 2 aromatic heterocycles. The number of aromatic nitrogens is 2. The van der Waals surface area contributed by atoms with E-state index in [1.165, 1.54) is 0 Å². The van der Waals surface area contributed by atoms with Crippen molar-refractivity contribution >= 4 is 56.0 Å². The maximum Gasteiger partial charge on any atom is 0.333 e. The maximum absolute atomic E-state index is 13.4. The minimum Gasteiger partial charge on any atom is -0.461 e. The summed E-state index contributed by atoms with van der Waals surface area (Å²) in [5, 5.41) is 3.57. The first kappa shape index (κ1) is 19.6. The van der Waals surface area contributed by atoms with E-state index in [1.54, 1.807) is 23.1 Å². The van der Waals surface area contributed by atoms with Gasteiger partial charge in [-0.25, -0.2) is 9.78 Å². The van der Waals surface area contributed by atoms with Crippen LogP contribution in [0.2, 0.25) is 0 Å². The Morgan fingerprint density at radius 3 is 2.74 bits per heavy atom. The minimum atomic E-state index is -0.378. The largest absolute Gasteiger partial charge is 0.461 e. The zero-order valence-corrected chi connectivity index (χ0v) is 18.1. The molecule has 5 aromatic rings. The number of thioether (sulfide) groups is 1. The predicted octanol–water partition coefficient (Wildman–Crippen LogP) is 5.11. The fourth-order valence-corrected chi connectivity index (χ4v) is 4.85. The monoisotopic (exact) mass is 428 g/mol. The number of esters is 1. The Morgan fingerprint density at radius 1 is 1.13 bits per heavy atom. The lowest BCUT2D eigenvalue weighted by Crippen LogP contribution is -2.13. The highest BCUT2D eigenvalue weighted by molar-refractivity contribution is 7.99. The summed E-state index contributed by atoms with van der Waals surface area (Å²) in [4.78, 5) is 30.8. The Hall–Kier alpha value is -3.38. The van der Waals surface area contributed by atoms with Gasteiger partial charge in [0.2, 0.25) is 0 Å². The standard InChI is InChI=1S/C25H20N2O3S/c1-14(2)25(29)30-11-12-31-21-10-8-17-22-16(21)5-4-6-18(22)24(28)27-20-9-7-15(3)13-19(20)26-23(17)27/h4-10,13H,1,11-12H2,2-3H3. The second-order valence-corrected chi connectivity index (χ2v) is 8.81. The van der Waals surface area contributed by atoms with Crippen LogP contribution >= 0.6 is 11.8 Å². The van der Waals surface area contributed by atoms with Gasteiger partial charge < -0.3 is 4.74 Å². The molecule has 0 fully saturated rings. The molecule has 5 rings (SSSR count). The van der Waals surface area contributed by atoms with Crippen molar-refractivity contribution in [1.29, 1.82) is 0 Å². The van der Waals surface area contributed by atoms with Crippen LogP contribution in [-0.2, 0) is 9.53 Å². The average molecular weight is 429 g/mol. The number of carbonyl (C=O) groups is 1. The third-order valence-electron chi connectivity index (χ3n) is 5.41. The molecule has 3 aromatic carbocycles. The molecule has 0 aliphatic heterocycles. The van der Waals surface area contributed by atoms with E-state index in [0.29, 0.717) is 29.0 Å². The lowest BCUT2D eigenvalue weighted by Gasteiger charge is -2.11. The Bertz CT molecular complexity index is 1570. The van der Waals surface area contributed by atoms with Crippen LogP contribution in [0.5, 0.6) is 0 Å². The Morgan fingerprint density at radius 2 is 1.94 bits per heavy atom. The molecule has 5 nitrogen and oxygen atoms in total. The summed E-state index contributed by atoms with van der Waals surface area (Å²) in [6.45, 7) is 7.54. The first-order valence-electron chi connectivity index (χ1n) is 10.0. The lowest BCUT2D eigenvalue weighted by molar-refractivity contribution is -0.138. The number of hydrogen-bond acceptors (Lipinski definition) is 5. The van der Waals surface area contributed by atoms with E-state index < -0.39 is 0 Å². The molecule has 2 heterocycles. The van der Waals surface area contributed by atoms with Gasteiger partial charge in [0, 0.05) is 32.4 Å². The van der Waals surface area contributed by atoms with Crippen LogP contribution in [0, 0.1) is 6.92 Å². The number of aryl methyl sites for hydroxylation is 1. The van der Waals surface area contributed by atoms with Gasteiger partial charge in [-0.15, -0.1) is 11.8 Å². The molecular weight excluding hydrogens is 408 g/mol. The van der Waals surface area contributed by atoms with Crippen molar-refractivity contribution in [2.75, 3.05) is 12.4 Å². The molecule has 0 aliphatic carbocycles. The number of fused-ring (bicyclic) bond motifs is 4. The Kier molecular flexibility index (Phi) is 4.67. The number of pyridine rings is 1. The Balaban J connectivity index is 1.64. The third-order valence-corrected chi connectivity index (χ3v) is 6.45. The van der Waals surface area contributed by atoms with Gasteiger partial charge in [0.05, 0.1) is 11.0 Å². The van der Waals surface area contributed by atoms with Gasteiger partial charge in [0.25, 0.3) is 5.56 Å². The zero-order valence-electron chi connectivity index (χ0n) is 17.3. The third kappa shape index (κ3) is 3.15. The van der Waals surface area contributed by atoms with E-state index in [9.17, 15) is 9.59 Å². The summed E-state index contributed by atoms with van der Waals surface area (Å²) in [6.07, 6.45) is 0. The van der Waals surface area contributed by atoms with E-state index in [0.717, 1.165) is 37.7 Å². The summed E-state index contributed by atoms with van der Waals surface area (Å²) in [5.74, 6) is 0.237. The zero-order chi connectivity index (χ0) is 21.7. The highest BCUT2D eigenvalue weighted by Gasteiger charge is 2.17. The predicted molar refractivity (Wildman–Crippen MR) is 126 cm³/mol. The summed E-state index contributed by atoms with van der Waals surface area (Å²) in [5.41, 5.74) is 3.77. The quantitative estimate of drug-likeness (QED) is 0.168. The van der Waals surface area contributed by atoms with Crippen molar-refractivity contribution in [3.63, 3.8) is 0 Å². The number of nitrogens with zero attached hydrogens (tertiary/aromatic N) is 2. The molecule has 0 atom stereocenters. The maximum atomic E-state index is 13.4. The highest BCUT2D eigenvalue weighted by Crippen LogP contribution is 2.35. The number of carbonyl (C=O) groups excluding carboxylic acids is 1. The molecule has 154 valence electrons. The van der Waals surface area contributed by atoms with Gasteiger partial charge in [-0.2, -0.15) is 0 Å². The van der Waals surface area contributed by atoms with E-state index in [4.69, 9.17) is 9.72 Å². The van der Waals surface area contributed by atoms with E-state index in [-0.39, 0.29) is 11.5 Å². The SMILES string of the molecule is C=C(C)C(=O)OCCSc1ccc2c3c1cccc3c(=O)n1c3ccc(C)cc3nc21. The van der Waals surface area contributed by atoms with Crippen LogP contribution in [0.1, 0.15) is 12.5 Å². The van der Waals surface area contributed by atoms with E-state index in [1.807, 2.05) is 49.4 Å². The van der Waals surface area contributed by atoms with Gasteiger partial charge in [0.1, 0.15) is 12.3 Å². The number of rotatable bonds is 5. The highest BCUT2D eigenvalue weighted by atomic mass is 32.2. The first-order valence-corrected chi connectivity index (χ1v) is 11.0. The molecule has 0 N–H and O–H groups in total. The molecule has 31 heavy (non-hydrogen) atoms. The second-order valence-electron chi connectivity index (χ2n) is 7.67. The summed E-state index contributed by atoms with van der Waals surface area (Å²) >= 11 is 1.60. The van der Waals surface area contributed by atoms with Crippen LogP contribution < -0.4 is 5.56 Å². The molecule has 0 radical (unpaired) electrons. The second kappa shape index (κ2) is 7.39. The molecule has 0 saturated heterocycles. The van der Waals surface area contributed by atoms with Gasteiger partial charge in [0.15, 0.2) is 0 Å². The fourth-order valence-electron chi connectivity index (χ4n) is 3.98. The van der Waals surface area contributed by atoms with E-state index >= 15 is 0 Å². The van der Waals surface area contributed by atoms with Crippen molar-refractivity contribution in [1.82, 2.24) is 9.38 Å². The van der Waals surface area contributed by atoms with Crippen molar-refractivity contribution < 1.29 is 9.53 Å². The lowest BCUT2D eigenvalue weighted by atomic mass is 10.0. The topological polar surface area (TPSA) is 60.7 Å². The van der Waals surface area contributed by atoms with Gasteiger partial charge in [-0.05, 0) is 55.1 Å². The number of hydrogen-bond donors (Lipinski definition) is 0. The van der Waals surface area contributed by atoms with Gasteiger partial charge in [-0.3, -0.25) is 9.20 Å². The van der Waals surface area contributed by atoms with Crippen LogP contribution in [0.25, 0.3) is 38.2 Å². The van der Waals surface area contributed by atoms with Crippen molar-refractivity contribution in [2.45, 2.75) is 18.7 Å². The molecule has 0 saturated carbocycles. The average Bonchev–Trinajstić information content (AvgIpc) is 3.13. The molecule has 0 amide bonds. The van der Waals surface area contributed by atoms with Gasteiger partial charge >= 0.3 is 5.97 Å². The van der Waals surface area contributed by atoms with Crippen molar-refractivity contribution in [3.8, 4) is 0 Å². The first-order chi connectivity index (χ1) is 15.0. The van der Waals surface area contributed by atoms with Crippen molar-refractivity contribution in [2.24, 2.45) is 0 Å². The fraction of sp³-hybridized carbons (Fsp3) is 0.160. The summed E-state index contributed by atoms with van der Waals surface area (Å²) < 4.78 is 6.92. The van der Waals surface area contributed by atoms with Crippen LogP contribution in [0.4, 0.5) is 0 Å². The molecule has 0 spiro atoms. The van der Waals surface area contributed by atoms with Crippen LogP contribution in [-0.4, -0.2) is 27.7 Å². The molecule has 0 unspecified atom stereocenters. The number of benzene rings is 3. The van der Waals surface area contributed by atoms with Crippen LogP contribution in [0.15, 0.2) is 70.4 Å². The van der Waals surface area contributed by atoms with Crippen molar-refractivity contribution in [3.05, 3.63) is 76.6 Å². The smallest absolute Gasteiger partial charge is 0.333 e.